The van der Waals surface area contributed by atoms with E-state index in [2.05, 4.69) is 9.71 Å². The van der Waals surface area contributed by atoms with Crippen molar-refractivity contribution in [2.45, 2.75) is 25.3 Å². The molecule has 0 unspecified atom stereocenters. The van der Waals surface area contributed by atoms with E-state index < -0.39 is 10.0 Å². The Bertz CT molecular complexity index is 1130. The summed E-state index contributed by atoms with van der Waals surface area (Å²) in [6, 6.07) is 16.7. The first-order valence-corrected chi connectivity index (χ1v) is 10.8. The largest absolute Gasteiger partial charge is 0.462 e. The maximum Gasteiger partial charge on any atom is 0.338 e. The zero-order chi connectivity index (χ0) is 21.6. The predicted molar refractivity (Wildman–Crippen MR) is 114 cm³/mol. The van der Waals surface area contributed by atoms with E-state index in [1.54, 1.807) is 67.6 Å². The van der Waals surface area contributed by atoms with Gasteiger partial charge in [0.15, 0.2) is 0 Å². The molecule has 0 atom stereocenters. The number of carbonyl (C=O) groups is 1. The molecule has 7 nitrogen and oxygen atoms in total. The molecule has 1 heterocycles. The Labute approximate surface area is 175 Å². The van der Waals surface area contributed by atoms with Crippen LogP contribution < -0.4 is 4.72 Å². The van der Waals surface area contributed by atoms with Gasteiger partial charge in [0.25, 0.3) is 0 Å². The van der Waals surface area contributed by atoms with Gasteiger partial charge < -0.3 is 9.15 Å². The lowest BCUT2D eigenvalue weighted by Crippen LogP contribution is -2.22. The molecule has 0 radical (unpaired) electrons. The fourth-order valence-corrected chi connectivity index (χ4v) is 3.56. The quantitative estimate of drug-likeness (QED) is 0.434. The van der Waals surface area contributed by atoms with Gasteiger partial charge in [-0.2, -0.15) is 0 Å². The minimum absolute atomic E-state index is 0.0261. The third-order valence-electron chi connectivity index (χ3n) is 4.17. The van der Waals surface area contributed by atoms with Crippen LogP contribution in [-0.4, -0.2) is 27.2 Å². The smallest absolute Gasteiger partial charge is 0.338 e. The zero-order valence-electron chi connectivity index (χ0n) is 16.7. The molecule has 2 aromatic carbocycles. The first-order valence-electron chi connectivity index (χ1n) is 9.33. The molecule has 0 saturated carbocycles. The van der Waals surface area contributed by atoms with E-state index in [1.165, 1.54) is 6.21 Å². The van der Waals surface area contributed by atoms with Crippen LogP contribution >= 0.6 is 0 Å². The van der Waals surface area contributed by atoms with Crippen molar-refractivity contribution >= 4 is 27.9 Å². The van der Waals surface area contributed by atoms with Crippen molar-refractivity contribution in [2.75, 3.05) is 6.61 Å². The number of nitrogens with zero attached hydrogens (tertiary/aromatic N) is 1. The Morgan fingerprint density at radius 2 is 1.77 bits per heavy atom. The topological polar surface area (TPSA) is 98.0 Å². The van der Waals surface area contributed by atoms with Gasteiger partial charge in [0.1, 0.15) is 11.5 Å². The summed E-state index contributed by atoms with van der Waals surface area (Å²) in [5.74, 6) is 0.565. The lowest BCUT2D eigenvalue weighted by Gasteiger charge is -2.05. The number of aryl methyl sites for hydroxylation is 1. The van der Waals surface area contributed by atoms with Gasteiger partial charge in [-0.25, -0.2) is 17.9 Å². The highest BCUT2D eigenvalue weighted by atomic mass is 32.2. The van der Waals surface area contributed by atoms with E-state index in [0.717, 1.165) is 5.56 Å². The van der Waals surface area contributed by atoms with E-state index in [9.17, 15) is 13.2 Å². The Balaban J connectivity index is 1.59. The van der Waals surface area contributed by atoms with Crippen LogP contribution in [0, 0.1) is 6.92 Å². The molecule has 0 aliphatic carbocycles. The molecule has 0 saturated heterocycles. The van der Waals surface area contributed by atoms with Crippen LogP contribution in [0.1, 0.15) is 34.4 Å². The standard InChI is InChI=1S/C22H22N2O5S/c1-3-28-22(25)17-6-8-18(9-7-17)23-14-19-10-11-20(29-19)15-24-30(26,27)21-12-4-16(2)5-13-21/h4-14,24H,3,15H2,1-2H3. The molecule has 1 N–H and O–H groups in total. The molecule has 0 aliphatic heterocycles. The summed E-state index contributed by atoms with van der Waals surface area (Å²) in [7, 11) is -3.62. The van der Waals surface area contributed by atoms with Crippen molar-refractivity contribution in [1.82, 2.24) is 4.72 Å². The van der Waals surface area contributed by atoms with Crippen molar-refractivity contribution in [2.24, 2.45) is 4.99 Å². The van der Waals surface area contributed by atoms with Crippen LogP contribution in [0.2, 0.25) is 0 Å². The van der Waals surface area contributed by atoms with E-state index in [4.69, 9.17) is 9.15 Å². The number of furan rings is 1. The molecule has 0 aliphatic rings. The summed E-state index contributed by atoms with van der Waals surface area (Å²) in [6.45, 7) is 3.99. The normalized spacial score (nSPS) is 11.7. The van der Waals surface area contributed by atoms with Gasteiger partial charge >= 0.3 is 5.97 Å². The van der Waals surface area contributed by atoms with Gasteiger partial charge in [-0.3, -0.25) is 4.99 Å². The number of hydrogen-bond donors (Lipinski definition) is 1. The monoisotopic (exact) mass is 426 g/mol. The number of hydrogen-bond acceptors (Lipinski definition) is 6. The van der Waals surface area contributed by atoms with E-state index in [0.29, 0.717) is 29.4 Å². The second-order valence-corrected chi connectivity index (χ2v) is 8.23. The molecule has 8 heteroatoms. The molecule has 30 heavy (non-hydrogen) atoms. The molecule has 156 valence electrons. The minimum atomic E-state index is -3.62. The highest BCUT2D eigenvalue weighted by Crippen LogP contribution is 2.15. The number of ether oxygens (including phenoxy) is 1. The lowest BCUT2D eigenvalue weighted by atomic mass is 10.2. The molecule has 0 spiro atoms. The molecular weight excluding hydrogens is 404 g/mol. The number of nitrogens with one attached hydrogen (secondary N) is 1. The summed E-state index contributed by atoms with van der Waals surface area (Å²) in [5.41, 5.74) is 2.08. The second-order valence-electron chi connectivity index (χ2n) is 6.47. The Morgan fingerprint density at radius 3 is 2.43 bits per heavy atom. The molecule has 0 bridgehead atoms. The highest BCUT2D eigenvalue weighted by Gasteiger charge is 2.14. The maximum absolute atomic E-state index is 12.3. The van der Waals surface area contributed by atoms with Gasteiger partial charge in [-0.1, -0.05) is 17.7 Å². The Hall–Kier alpha value is -3.23. The van der Waals surface area contributed by atoms with Gasteiger partial charge in [-0.15, -0.1) is 0 Å². The number of benzene rings is 2. The molecule has 0 fully saturated rings. The van der Waals surface area contributed by atoms with Crippen LogP contribution in [0.3, 0.4) is 0 Å². The molecular formula is C22H22N2O5S. The fraction of sp³-hybridized carbons (Fsp3) is 0.182. The average molecular weight is 426 g/mol. The number of sulfonamides is 1. The molecule has 3 aromatic rings. The summed E-state index contributed by atoms with van der Waals surface area (Å²) < 4.78 is 37.7. The van der Waals surface area contributed by atoms with Crippen LogP contribution in [-0.2, 0) is 21.3 Å². The number of rotatable bonds is 8. The van der Waals surface area contributed by atoms with Crippen LogP contribution in [0.4, 0.5) is 5.69 Å². The van der Waals surface area contributed by atoms with E-state index in [1.807, 2.05) is 6.92 Å². The second kappa shape index (κ2) is 9.51. The van der Waals surface area contributed by atoms with Crippen LogP contribution in [0.15, 0.2) is 75.0 Å². The van der Waals surface area contributed by atoms with Crippen molar-refractivity contribution in [3.8, 4) is 0 Å². The fourth-order valence-electron chi connectivity index (χ4n) is 2.56. The van der Waals surface area contributed by atoms with Crippen molar-refractivity contribution in [1.29, 1.82) is 0 Å². The maximum atomic E-state index is 12.3. The van der Waals surface area contributed by atoms with Gasteiger partial charge in [-0.05, 0) is 62.4 Å². The first kappa shape index (κ1) is 21.5. The summed E-state index contributed by atoms with van der Waals surface area (Å²) in [6.07, 6.45) is 1.53. The summed E-state index contributed by atoms with van der Waals surface area (Å²) in [5, 5.41) is 0. The van der Waals surface area contributed by atoms with Crippen LogP contribution in [0.25, 0.3) is 0 Å². The van der Waals surface area contributed by atoms with Gasteiger partial charge in [0.05, 0.1) is 35.5 Å². The van der Waals surface area contributed by atoms with Gasteiger partial charge in [0.2, 0.25) is 10.0 Å². The summed E-state index contributed by atoms with van der Waals surface area (Å²) >= 11 is 0. The van der Waals surface area contributed by atoms with Gasteiger partial charge in [0, 0.05) is 0 Å². The lowest BCUT2D eigenvalue weighted by molar-refractivity contribution is 0.0526. The van der Waals surface area contributed by atoms with Crippen molar-refractivity contribution in [3.05, 3.63) is 83.3 Å². The van der Waals surface area contributed by atoms with Crippen molar-refractivity contribution < 1.29 is 22.4 Å². The predicted octanol–water partition coefficient (Wildman–Crippen LogP) is 3.99. The molecule has 1 aromatic heterocycles. The third-order valence-corrected chi connectivity index (χ3v) is 5.59. The minimum Gasteiger partial charge on any atom is -0.462 e. The van der Waals surface area contributed by atoms with E-state index >= 15 is 0 Å². The average Bonchev–Trinajstić information content (AvgIpc) is 3.20. The Kier molecular flexibility index (Phi) is 6.81. The highest BCUT2D eigenvalue weighted by molar-refractivity contribution is 7.89. The van der Waals surface area contributed by atoms with Crippen LogP contribution in [0.5, 0.6) is 0 Å². The van der Waals surface area contributed by atoms with E-state index in [-0.39, 0.29) is 17.4 Å². The SMILES string of the molecule is CCOC(=O)c1ccc(N=Cc2ccc(CNS(=O)(=O)c3ccc(C)cc3)o2)cc1. The molecule has 3 rings (SSSR count). The first-order chi connectivity index (χ1) is 14.4. The zero-order valence-corrected chi connectivity index (χ0v) is 17.5. The third kappa shape index (κ3) is 5.65. The molecule has 0 amide bonds. The number of esters is 1. The van der Waals surface area contributed by atoms with Crippen molar-refractivity contribution in [3.63, 3.8) is 0 Å². The number of aliphatic imine (C=N–C) groups is 1. The summed E-state index contributed by atoms with van der Waals surface area (Å²) in [4.78, 5) is 16.1. The number of carbonyl (C=O) groups excluding carboxylic acids is 1. The Morgan fingerprint density at radius 1 is 1.07 bits per heavy atom.